The van der Waals surface area contributed by atoms with Crippen LogP contribution in [0.2, 0.25) is 0 Å². The third kappa shape index (κ3) is 5.14. The molecule has 1 aromatic carbocycles. The van der Waals surface area contributed by atoms with Crippen molar-refractivity contribution >= 4 is 10.1 Å². The summed E-state index contributed by atoms with van der Waals surface area (Å²) in [5, 5.41) is 0. The molecule has 4 nitrogen and oxygen atoms in total. The molecule has 0 aliphatic rings. The molecule has 0 N–H and O–H groups in total. The van der Waals surface area contributed by atoms with E-state index < -0.39 is 10.1 Å². The Labute approximate surface area is 96.3 Å². The van der Waals surface area contributed by atoms with Gasteiger partial charge >= 0.3 is 0 Å². The van der Waals surface area contributed by atoms with Gasteiger partial charge < -0.3 is 4.74 Å². The van der Waals surface area contributed by atoms with E-state index in [4.69, 9.17) is 8.92 Å². The molecule has 0 fully saturated rings. The lowest BCUT2D eigenvalue weighted by molar-refractivity contribution is 0.221. The van der Waals surface area contributed by atoms with Crippen LogP contribution in [0.5, 0.6) is 5.75 Å². The van der Waals surface area contributed by atoms with Gasteiger partial charge in [0, 0.05) is 0 Å². The van der Waals surface area contributed by atoms with Gasteiger partial charge in [-0.2, -0.15) is 8.42 Å². The third-order valence-electron chi connectivity index (χ3n) is 1.81. The smallest absolute Gasteiger partial charge is 0.267 e. The molecule has 90 valence electrons. The molecule has 16 heavy (non-hydrogen) atoms. The minimum Gasteiger partial charge on any atom is -0.491 e. The monoisotopic (exact) mass is 244 g/mol. The first-order valence-electron chi connectivity index (χ1n) is 5.19. The van der Waals surface area contributed by atoms with E-state index in [-0.39, 0.29) is 19.0 Å². The summed E-state index contributed by atoms with van der Waals surface area (Å²) >= 11 is 0. The molecule has 0 saturated carbocycles. The van der Waals surface area contributed by atoms with Crippen LogP contribution in [-0.2, 0) is 14.3 Å². The first-order chi connectivity index (χ1) is 7.64. The molecule has 0 spiro atoms. The normalized spacial score (nSPS) is 11.3. The predicted octanol–water partition coefficient (Wildman–Crippen LogP) is 1.82. The number of ether oxygens (including phenoxy) is 1. The first-order valence-corrected chi connectivity index (χ1v) is 6.77. The van der Waals surface area contributed by atoms with Crippen LogP contribution in [0.1, 0.15) is 13.3 Å². The van der Waals surface area contributed by atoms with E-state index in [0.717, 1.165) is 0 Å². The van der Waals surface area contributed by atoms with E-state index in [2.05, 4.69) is 0 Å². The summed E-state index contributed by atoms with van der Waals surface area (Å²) in [6.07, 6.45) is 0.557. The number of hydrogen-bond acceptors (Lipinski definition) is 4. The van der Waals surface area contributed by atoms with Crippen molar-refractivity contribution in [1.82, 2.24) is 0 Å². The number of rotatable bonds is 7. The van der Waals surface area contributed by atoms with Crippen LogP contribution in [0.3, 0.4) is 0 Å². The van der Waals surface area contributed by atoms with Crippen LogP contribution in [0.4, 0.5) is 0 Å². The number of para-hydroxylation sites is 1. The van der Waals surface area contributed by atoms with Crippen LogP contribution in [0.15, 0.2) is 30.3 Å². The SMILES string of the molecule is CCCS(=O)(=O)OCCOc1ccccc1. The maximum Gasteiger partial charge on any atom is 0.267 e. The molecule has 0 unspecified atom stereocenters. The van der Waals surface area contributed by atoms with Crippen LogP contribution >= 0.6 is 0 Å². The van der Waals surface area contributed by atoms with Gasteiger partial charge in [0.15, 0.2) is 0 Å². The molecule has 0 atom stereocenters. The van der Waals surface area contributed by atoms with Crippen molar-refractivity contribution in [2.75, 3.05) is 19.0 Å². The van der Waals surface area contributed by atoms with Gasteiger partial charge in [-0.05, 0) is 18.6 Å². The van der Waals surface area contributed by atoms with Crippen molar-refractivity contribution in [2.45, 2.75) is 13.3 Å². The van der Waals surface area contributed by atoms with Crippen molar-refractivity contribution in [1.29, 1.82) is 0 Å². The largest absolute Gasteiger partial charge is 0.491 e. The molecule has 0 bridgehead atoms. The van der Waals surface area contributed by atoms with Crippen molar-refractivity contribution in [3.63, 3.8) is 0 Å². The molecule has 0 aliphatic heterocycles. The molecule has 1 aromatic rings. The zero-order valence-electron chi connectivity index (χ0n) is 9.26. The van der Waals surface area contributed by atoms with Gasteiger partial charge in [0.1, 0.15) is 19.0 Å². The molecule has 0 amide bonds. The predicted molar refractivity (Wildman–Crippen MR) is 62.0 cm³/mol. The fraction of sp³-hybridized carbons (Fsp3) is 0.455. The molecule has 1 rings (SSSR count). The van der Waals surface area contributed by atoms with E-state index in [1.54, 1.807) is 19.1 Å². The van der Waals surface area contributed by atoms with Crippen LogP contribution in [0.25, 0.3) is 0 Å². The van der Waals surface area contributed by atoms with Crippen LogP contribution < -0.4 is 4.74 Å². The van der Waals surface area contributed by atoms with E-state index in [1.807, 2.05) is 18.2 Å². The standard InChI is InChI=1S/C11H16O4S/c1-2-10-16(12,13)15-9-8-14-11-6-4-3-5-7-11/h3-7H,2,8-10H2,1H3. The Bertz CT molecular complexity index is 386. The van der Waals surface area contributed by atoms with Crippen molar-refractivity contribution in [3.05, 3.63) is 30.3 Å². The average molecular weight is 244 g/mol. The molecule has 0 aromatic heterocycles. The van der Waals surface area contributed by atoms with Gasteiger partial charge in [-0.1, -0.05) is 25.1 Å². The second kappa shape index (κ2) is 6.50. The molecule has 0 radical (unpaired) electrons. The summed E-state index contributed by atoms with van der Waals surface area (Å²) in [5.41, 5.74) is 0. The van der Waals surface area contributed by atoms with Crippen molar-refractivity contribution < 1.29 is 17.3 Å². The highest BCUT2D eigenvalue weighted by molar-refractivity contribution is 7.86. The minimum atomic E-state index is -3.37. The summed E-state index contributed by atoms with van der Waals surface area (Å²) < 4.78 is 32.4. The van der Waals surface area contributed by atoms with Gasteiger partial charge in [0.2, 0.25) is 0 Å². The van der Waals surface area contributed by atoms with E-state index >= 15 is 0 Å². The average Bonchev–Trinajstić information content (AvgIpc) is 2.26. The first kappa shape index (κ1) is 13.0. The Kier molecular flexibility index (Phi) is 5.28. The summed E-state index contributed by atoms with van der Waals surface area (Å²) in [6, 6.07) is 9.20. The van der Waals surface area contributed by atoms with E-state index in [1.165, 1.54) is 0 Å². The third-order valence-corrected chi connectivity index (χ3v) is 3.25. The topological polar surface area (TPSA) is 52.6 Å². The molecule has 0 heterocycles. The summed E-state index contributed by atoms with van der Waals surface area (Å²) in [6.45, 7) is 2.07. The highest BCUT2D eigenvalue weighted by atomic mass is 32.2. The van der Waals surface area contributed by atoms with Gasteiger partial charge in [0.05, 0.1) is 5.75 Å². The number of benzene rings is 1. The molecule has 0 saturated heterocycles. The van der Waals surface area contributed by atoms with Gasteiger partial charge in [0.25, 0.3) is 10.1 Å². The molecular formula is C11H16O4S. The van der Waals surface area contributed by atoms with Crippen molar-refractivity contribution in [2.24, 2.45) is 0 Å². The lowest BCUT2D eigenvalue weighted by Crippen LogP contribution is -2.15. The van der Waals surface area contributed by atoms with E-state index in [9.17, 15) is 8.42 Å². The maximum atomic E-state index is 11.2. The second-order valence-corrected chi connectivity index (χ2v) is 5.00. The Morgan fingerprint density at radius 2 is 1.81 bits per heavy atom. The Balaban J connectivity index is 2.22. The van der Waals surface area contributed by atoms with Crippen LogP contribution in [0, 0.1) is 0 Å². The molecule has 0 aliphatic carbocycles. The number of hydrogen-bond donors (Lipinski definition) is 0. The van der Waals surface area contributed by atoms with Gasteiger partial charge in [-0.15, -0.1) is 0 Å². The summed E-state index contributed by atoms with van der Waals surface area (Å²) in [7, 11) is -3.37. The zero-order chi connectivity index (χ0) is 11.9. The highest BCUT2D eigenvalue weighted by Crippen LogP contribution is 2.07. The minimum absolute atomic E-state index is 0.0528. The molecule has 5 heteroatoms. The van der Waals surface area contributed by atoms with Crippen molar-refractivity contribution in [3.8, 4) is 5.75 Å². The second-order valence-electron chi connectivity index (χ2n) is 3.25. The summed E-state index contributed by atoms with van der Waals surface area (Å²) in [5.74, 6) is 0.761. The summed E-state index contributed by atoms with van der Waals surface area (Å²) in [4.78, 5) is 0. The zero-order valence-corrected chi connectivity index (χ0v) is 10.1. The fourth-order valence-electron chi connectivity index (χ4n) is 1.15. The lowest BCUT2D eigenvalue weighted by Gasteiger charge is -2.06. The molecular weight excluding hydrogens is 228 g/mol. The Morgan fingerprint density at radius 1 is 1.12 bits per heavy atom. The maximum absolute atomic E-state index is 11.2. The quantitative estimate of drug-likeness (QED) is 0.542. The Hall–Kier alpha value is -1.07. The van der Waals surface area contributed by atoms with E-state index in [0.29, 0.717) is 12.2 Å². The Morgan fingerprint density at radius 3 is 2.44 bits per heavy atom. The van der Waals surface area contributed by atoms with Crippen LogP contribution in [-0.4, -0.2) is 27.4 Å². The van der Waals surface area contributed by atoms with Gasteiger partial charge in [-0.25, -0.2) is 0 Å². The fourth-order valence-corrected chi connectivity index (χ4v) is 2.09. The van der Waals surface area contributed by atoms with Gasteiger partial charge in [-0.3, -0.25) is 4.18 Å². The lowest BCUT2D eigenvalue weighted by atomic mass is 10.3. The highest BCUT2D eigenvalue weighted by Gasteiger charge is 2.08.